The van der Waals surface area contributed by atoms with Gasteiger partial charge in [0, 0.05) is 35.9 Å². The second-order valence-corrected chi connectivity index (χ2v) is 14.9. The molecule has 0 spiro atoms. The lowest BCUT2D eigenvalue weighted by Crippen LogP contribution is -2.56. The molecule has 15 heteroatoms. The van der Waals surface area contributed by atoms with E-state index in [0.29, 0.717) is 35.0 Å². The van der Waals surface area contributed by atoms with E-state index in [1.54, 1.807) is 24.1 Å². The Bertz CT molecular complexity index is 1850. The molecule has 4 heterocycles. The van der Waals surface area contributed by atoms with E-state index in [9.17, 15) is 13.2 Å². The highest BCUT2D eigenvalue weighted by Gasteiger charge is 2.59. The number of hydrogen-bond acceptors (Lipinski definition) is 11. The molecule has 13 nitrogen and oxygen atoms in total. The third-order valence-corrected chi connectivity index (χ3v) is 11.8. The minimum absolute atomic E-state index is 0.0230. The molecule has 2 saturated heterocycles. The van der Waals surface area contributed by atoms with Crippen LogP contribution in [0.3, 0.4) is 0 Å². The van der Waals surface area contributed by atoms with Crippen molar-refractivity contribution in [2.24, 2.45) is 11.8 Å². The number of amides is 2. The number of sulfonamides is 1. The van der Waals surface area contributed by atoms with Crippen molar-refractivity contribution in [3.8, 4) is 17.4 Å². The van der Waals surface area contributed by atoms with Crippen molar-refractivity contribution in [3.05, 3.63) is 70.9 Å². The standard InChI is InChI=1S/C35H42ClN5O8S/c1-5-48-32-27(7-6-16-37-32)35(38-34(43)49-40-19-14-24(15-20-40)23-12-17-39(2)18-13-23)28-21-25(36)8-10-29(28)41(33(35)42)50(44,45)31-11-9-26(46-3)22-30(31)47-4/h6-11,16,21-24H,5,12-15,17-20H2,1-4H3,(H,38,43). The lowest BCUT2D eigenvalue weighted by molar-refractivity contribution is -0.130. The molecular weight excluding hydrogens is 686 g/mol. The Hall–Kier alpha value is -4.11. The van der Waals surface area contributed by atoms with E-state index in [-0.39, 0.29) is 45.0 Å². The van der Waals surface area contributed by atoms with Crippen LogP contribution in [0.5, 0.6) is 17.4 Å². The van der Waals surface area contributed by atoms with Crippen LogP contribution in [-0.2, 0) is 25.2 Å². The molecule has 2 amide bonds. The maximum Gasteiger partial charge on any atom is 0.427 e. The molecule has 3 aliphatic rings. The number of pyridine rings is 1. The van der Waals surface area contributed by atoms with Gasteiger partial charge in [-0.1, -0.05) is 11.6 Å². The minimum atomic E-state index is -4.68. The van der Waals surface area contributed by atoms with Crippen molar-refractivity contribution in [2.45, 2.75) is 43.0 Å². The quantitative estimate of drug-likeness (QED) is 0.307. The molecule has 2 fully saturated rings. The summed E-state index contributed by atoms with van der Waals surface area (Å²) in [5.74, 6) is 0.502. The maximum absolute atomic E-state index is 15.0. The van der Waals surface area contributed by atoms with Crippen LogP contribution in [0.15, 0.2) is 59.6 Å². The topological polar surface area (TPSA) is 140 Å². The van der Waals surface area contributed by atoms with Gasteiger partial charge in [-0.25, -0.2) is 18.2 Å². The number of rotatable bonds is 10. The lowest BCUT2D eigenvalue weighted by atomic mass is 9.79. The number of nitrogens with one attached hydrogen (secondary N) is 1. The number of fused-ring (bicyclic) bond motifs is 1. The first-order valence-electron chi connectivity index (χ1n) is 16.7. The van der Waals surface area contributed by atoms with Crippen LogP contribution in [0.1, 0.15) is 43.7 Å². The molecule has 0 bridgehead atoms. The Balaban J connectivity index is 1.38. The summed E-state index contributed by atoms with van der Waals surface area (Å²) in [4.78, 5) is 41.2. The summed E-state index contributed by atoms with van der Waals surface area (Å²) in [5.41, 5.74) is -2.00. The number of carbonyl (C=O) groups is 2. The molecule has 0 radical (unpaired) electrons. The second kappa shape index (κ2) is 14.6. The third kappa shape index (κ3) is 6.57. The zero-order chi connectivity index (χ0) is 35.6. The van der Waals surface area contributed by atoms with Gasteiger partial charge in [-0.2, -0.15) is 4.31 Å². The Morgan fingerprint density at radius 1 is 0.980 bits per heavy atom. The van der Waals surface area contributed by atoms with Crippen molar-refractivity contribution in [2.75, 3.05) is 58.4 Å². The van der Waals surface area contributed by atoms with Gasteiger partial charge in [0.05, 0.1) is 32.1 Å². The first-order chi connectivity index (χ1) is 24.0. The molecule has 0 saturated carbocycles. The molecule has 1 atom stereocenters. The van der Waals surface area contributed by atoms with Crippen LogP contribution in [0, 0.1) is 11.8 Å². The Kier molecular flexibility index (Phi) is 10.4. The number of aromatic nitrogens is 1. The highest BCUT2D eigenvalue weighted by atomic mass is 35.5. The molecule has 268 valence electrons. The van der Waals surface area contributed by atoms with Crippen LogP contribution in [0.25, 0.3) is 0 Å². The van der Waals surface area contributed by atoms with Crippen LogP contribution < -0.4 is 23.8 Å². The molecule has 2 aromatic carbocycles. The number of nitrogens with zero attached hydrogens (tertiary/aromatic N) is 4. The Morgan fingerprint density at radius 2 is 1.68 bits per heavy atom. The van der Waals surface area contributed by atoms with E-state index >= 15 is 4.79 Å². The maximum atomic E-state index is 15.0. The number of methoxy groups -OCH3 is 2. The summed E-state index contributed by atoms with van der Waals surface area (Å²) in [6, 6.07) is 11.6. The zero-order valence-corrected chi connectivity index (χ0v) is 30.1. The molecule has 1 aromatic heterocycles. The summed E-state index contributed by atoms with van der Waals surface area (Å²) in [5, 5.41) is 4.57. The van der Waals surface area contributed by atoms with Gasteiger partial charge in [-0.15, -0.1) is 5.06 Å². The first kappa shape index (κ1) is 35.7. The van der Waals surface area contributed by atoms with Crippen molar-refractivity contribution in [1.29, 1.82) is 0 Å². The number of carbonyl (C=O) groups excluding carboxylic acids is 2. The molecular formula is C35H42ClN5O8S. The lowest BCUT2D eigenvalue weighted by Gasteiger charge is -2.39. The zero-order valence-electron chi connectivity index (χ0n) is 28.6. The van der Waals surface area contributed by atoms with E-state index in [4.69, 9.17) is 30.6 Å². The summed E-state index contributed by atoms with van der Waals surface area (Å²) < 4.78 is 46.2. The number of likely N-dealkylation sites (tertiary alicyclic amines) is 1. The van der Waals surface area contributed by atoms with Gasteiger partial charge in [0.1, 0.15) is 16.4 Å². The normalized spacial score (nSPS) is 20.7. The van der Waals surface area contributed by atoms with Crippen molar-refractivity contribution < 1.29 is 37.1 Å². The summed E-state index contributed by atoms with van der Waals surface area (Å²) in [6.07, 6.45) is 4.58. The predicted molar refractivity (Wildman–Crippen MR) is 186 cm³/mol. The fraction of sp³-hybridized carbons (Fsp3) is 0.457. The average Bonchev–Trinajstić information content (AvgIpc) is 3.36. The van der Waals surface area contributed by atoms with Crippen molar-refractivity contribution in [3.63, 3.8) is 0 Å². The fourth-order valence-electron chi connectivity index (χ4n) is 7.30. The Labute approximate surface area is 297 Å². The number of hydrogen-bond donors (Lipinski definition) is 1. The Morgan fingerprint density at radius 3 is 2.34 bits per heavy atom. The monoisotopic (exact) mass is 727 g/mol. The molecule has 50 heavy (non-hydrogen) atoms. The van der Waals surface area contributed by atoms with E-state index in [2.05, 4.69) is 22.2 Å². The fourth-order valence-corrected chi connectivity index (χ4v) is 9.07. The van der Waals surface area contributed by atoms with Crippen LogP contribution in [0.2, 0.25) is 5.02 Å². The smallest absolute Gasteiger partial charge is 0.427 e. The van der Waals surface area contributed by atoms with Gasteiger partial charge >= 0.3 is 6.09 Å². The average molecular weight is 728 g/mol. The predicted octanol–water partition coefficient (Wildman–Crippen LogP) is 4.83. The third-order valence-electron chi connectivity index (χ3n) is 9.86. The molecule has 6 rings (SSSR count). The minimum Gasteiger partial charge on any atom is -0.497 e. The number of benzene rings is 2. The molecule has 1 N–H and O–H groups in total. The SMILES string of the molecule is CCOc1ncccc1C1(NC(=O)ON2CCC(C3CCN(C)CC3)CC2)C(=O)N(S(=O)(=O)c2ccc(OC)cc2OC)c2ccc(Cl)cc21. The number of halogens is 1. The van der Waals surface area contributed by atoms with Gasteiger partial charge in [0.15, 0.2) is 5.54 Å². The number of ether oxygens (including phenoxy) is 3. The van der Waals surface area contributed by atoms with E-state index in [1.807, 2.05) is 0 Å². The van der Waals surface area contributed by atoms with Gasteiger partial charge in [-0.3, -0.25) is 10.1 Å². The van der Waals surface area contributed by atoms with Crippen LogP contribution >= 0.6 is 11.6 Å². The van der Waals surface area contributed by atoms with Crippen molar-refractivity contribution in [1.82, 2.24) is 20.3 Å². The second-order valence-electron chi connectivity index (χ2n) is 12.7. The number of anilines is 1. The van der Waals surface area contributed by atoms with Crippen molar-refractivity contribution >= 4 is 39.3 Å². The molecule has 3 aromatic rings. The summed E-state index contributed by atoms with van der Waals surface area (Å²) in [7, 11) is 0.223. The van der Waals surface area contributed by atoms with E-state index in [0.717, 1.165) is 38.8 Å². The number of hydroxylamine groups is 2. The molecule has 1 unspecified atom stereocenters. The number of piperidine rings is 2. The largest absolute Gasteiger partial charge is 0.497 e. The van der Waals surface area contributed by atoms with Gasteiger partial charge < -0.3 is 23.9 Å². The summed E-state index contributed by atoms with van der Waals surface area (Å²) >= 11 is 6.51. The van der Waals surface area contributed by atoms with Crippen LogP contribution in [0.4, 0.5) is 10.5 Å². The molecule has 0 aliphatic carbocycles. The van der Waals surface area contributed by atoms with E-state index in [1.165, 1.54) is 56.8 Å². The van der Waals surface area contributed by atoms with Gasteiger partial charge in [0.25, 0.3) is 15.9 Å². The van der Waals surface area contributed by atoms with Gasteiger partial charge in [-0.05, 0) is 107 Å². The first-order valence-corrected chi connectivity index (χ1v) is 18.5. The highest BCUT2D eigenvalue weighted by Crippen LogP contribution is 2.50. The highest BCUT2D eigenvalue weighted by molar-refractivity contribution is 7.93. The van der Waals surface area contributed by atoms with Gasteiger partial charge in [0.2, 0.25) is 5.88 Å². The van der Waals surface area contributed by atoms with Crippen LogP contribution in [-0.4, -0.2) is 89.4 Å². The van der Waals surface area contributed by atoms with E-state index < -0.39 is 27.6 Å². The summed E-state index contributed by atoms with van der Waals surface area (Å²) in [6.45, 7) is 5.16. The molecule has 3 aliphatic heterocycles.